The Morgan fingerprint density at radius 3 is 2.64 bits per heavy atom. The average molecular weight is 363 g/mol. The smallest absolute Gasteiger partial charge is 0.237 e. The molecule has 4 rings (SSSR count). The number of benzene rings is 2. The SMILES string of the molecule is O=C1CC[C@]2(C(=O)Nc3cc(Cl)ccc32)[C@@H](c2ccc(F)c(F)c2)N1. The molecule has 1 saturated heterocycles. The molecule has 128 valence electrons. The zero-order valence-corrected chi connectivity index (χ0v) is 13.7. The van der Waals surface area contributed by atoms with Crippen LogP contribution < -0.4 is 10.6 Å². The standard InChI is InChI=1S/C18H13ClF2N2O2/c19-10-2-3-11-14(8-10)22-17(25)18(11)6-5-15(24)23-16(18)9-1-4-12(20)13(21)7-9/h1-4,7-8,16H,5-6H2,(H,22,25)(H,23,24)/t16-,18-/m1/s1. The summed E-state index contributed by atoms with van der Waals surface area (Å²) in [5, 5.41) is 6.05. The number of nitrogens with one attached hydrogen (secondary N) is 2. The van der Waals surface area contributed by atoms with Crippen LogP contribution in [0.4, 0.5) is 14.5 Å². The highest BCUT2D eigenvalue weighted by atomic mass is 35.5. The predicted molar refractivity (Wildman–Crippen MR) is 88.2 cm³/mol. The van der Waals surface area contributed by atoms with Crippen molar-refractivity contribution in [2.45, 2.75) is 24.3 Å². The second-order valence-corrected chi connectivity index (χ2v) is 6.73. The third-order valence-electron chi connectivity index (χ3n) is 4.94. The first-order chi connectivity index (χ1) is 11.9. The van der Waals surface area contributed by atoms with Gasteiger partial charge in [0.2, 0.25) is 11.8 Å². The van der Waals surface area contributed by atoms with Crippen LogP contribution in [-0.2, 0) is 15.0 Å². The third kappa shape index (κ3) is 2.32. The van der Waals surface area contributed by atoms with Crippen molar-refractivity contribution in [2.24, 2.45) is 0 Å². The van der Waals surface area contributed by atoms with Crippen molar-refractivity contribution < 1.29 is 18.4 Å². The van der Waals surface area contributed by atoms with Gasteiger partial charge in [-0.2, -0.15) is 0 Å². The summed E-state index contributed by atoms with van der Waals surface area (Å²) in [6.45, 7) is 0. The second-order valence-electron chi connectivity index (χ2n) is 6.29. The molecule has 25 heavy (non-hydrogen) atoms. The Labute approximate surface area is 147 Å². The van der Waals surface area contributed by atoms with Crippen LogP contribution in [0, 0.1) is 11.6 Å². The van der Waals surface area contributed by atoms with Crippen molar-refractivity contribution in [1.82, 2.24) is 5.32 Å². The van der Waals surface area contributed by atoms with Gasteiger partial charge in [-0.1, -0.05) is 23.7 Å². The Bertz CT molecular complexity index is 918. The summed E-state index contributed by atoms with van der Waals surface area (Å²) in [6, 6.07) is 7.65. The Morgan fingerprint density at radius 1 is 1.08 bits per heavy atom. The molecule has 0 saturated carbocycles. The lowest BCUT2D eigenvalue weighted by Crippen LogP contribution is -2.52. The van der Waals surface area contributed by atoms with Crippen LogP contribution in [-0.4, -0.2) is 11.8 Å². The lowest BCUT2D eigenvalue weighted by Gasteiger charge is -2.40. The molecular weight excluding hydrogens is 350 g/mol. The molecule has 2 aliphatic rings. The van der Waals surface area contributed by atoms with Crippen LogP contribution in [0.15, 0.2) is 36.4 Å². The van der Waals surface area contributed by atoms with E-state index in [-0.39, 0.29) is 24.7 Å². The number of carbonyl (C=O) groups excluding carboxylic acids is 2. The Kier molecular flexibility index (Phi) is 3.54. The van der Waals surface area contributed by atoms with Crippen LogP contribution >= 0.6 is 11.6 Å². The highest BCUT2D eigenvalue weighted by Crippen LogP contribution is 2.51. The first-order valence-electron chi connectivity index (χ1n) is 7.77. The van der Waals surface area contributed by atoms with Crippen molar-refractivity contribution in [3.63, 3.8) is 0 Å². The molecule has 2 atom stereocenters. The lowest BCUT2D eigenvalue weighted by molar-refractivity contribution is -0.130. The van der Waals surface area contributed by atoms with Crippen LogP contribution in [0.3, 0.4) is 0 Å². The van der Waals surface area contributed by atoms with E-state index in [1.807, 2.05) is 0 Å². The number of halogens is 3. The molecule has 0 aliphatic carbocycles. The van der Waals surface area contributed by atoms with Gasteiger partial charge in [0, 0.05) is 17.1 Å². The van der Waals surface area contributed by atoms with Crippen LogP contribution in [0.25, 0.3) is 0 Å². The summed E-state index contributed by atoms with van der Waals surface area (Å²) in [7, 11) is 0. The summed E-state index contributed by atoms with van der Waals surface area (Å²) in [5.41, 5.74) is 0.515. The predicted octanol–water partition coefficient (Wildman–Crippen LogP) is 3.46. The van der Waals surface area contributed by atoms with Gasteiger partial charge in [-0.3, -0.25) is 9.59 Å². The first kappa shape index (κ1) is 16.0. The van der Waals surface area contributed by atoms with Gasteiger partial charge in [-0.15, -0.1) is 0 Å². The van der Waals surface area contributed by atoms with Gasteiger partial charge in [0.25, 0.3) is 0 Å². The fourth-order valence-electron chi connectivity index (χ4n) is 3.77. The first-order valence-corrected chi connectivity index (χ1v) is 8.15. The number of piperidine rings is 1. The van der Waals surface area contributed by atoms with E-state index in [1.54, 1.807) is 18.2 Å². The quantitative estimate of drug-likeness (QED) is 0.816. The van der Waals surface area contributed by atoms with Gasteiger partial charge >= 0.3 is 0 Å². The fourth-order valence-corrected chi connectivity index (χ4v) is 3.94. The number of hydrogen-bond acceptors (Lipinski definition) is 2. The van der Waals surface area contributed by atoms with E-state index in [2.05, 4.69) is 10.6 Å². The zero-order valence-electron chi connectivity index (χ0n) is 12.9. The molecule has 2 aromatic carbocycles. The number of rotatable bonds is 1. The van der Waals surface area contributed by atoms with Crippen LogP contribution in [0.1, 0.15) is 30.0 Å². The van der Waals surface area contributed by atoms with E-state index in [4.69, 9.17) is 11.6 Å². The zero-order chi connectivity index (χ0) is 17.8. The molecule has 4 nitrogen and oxygen atoms in total. The minimum atomic E-state index is -1.09. The van der Waals surface area contributed by atoms with E-state index in [0.29, 0.717) is 21.8 Å². The fraction of sp³-hybridized carbons (Fsp3) is 0.222. The average Bonchev–Trinajstić information content (AvgIpc) is 2.84. The summed E-state index contributed by atoms with van der Waals surface area (Å²) >= 11 is 6.00. The van der Waals surface area contributed by atoms with Crippen LogP contribution in [0.2, 0.25) is 5.02 Å². The number of amides is 2. The monoisotopic (exact) mass is 362 g/mol. The minimum Gasteiger partial charge on any atom is -0.348 e. The van der Waals surface area contributed by atoms with Gasteiger partial charge in [0.15, 0.2) is 11.6 Å². The highest BCUT2D eigenvalue weighted by molar-refractivity contribution is 6.31. The number of fused-ring (bicyclic) bond motifs is 2. The van der Waals surface area contributed by atoms with E-state index in [9.17, 15) is 18.4 Å². The van der Waals surface area contributed by atoms with Gasteiger partial charge in [0.05, 0.1) is 6.04 Å². The largest absolute Gasteiger partial charge is 0.348 e. The van der Waals surface area contributed by atoms with Gasteiger partial charge < -0.3 is 10.6 Å². The van der Waals surface area contributed by atoms with E-state index >= 15 is 0 Å². The van der Waals surface area contributed by atoms with Gasteiger partial charge in [0.1, 0.15) is 5.41 Å². The number of hydrogen-bond donors (Lipinski definition) is 2. The van der Waals surface area contributed by atoms with Crippen molar-refractivity contribution in [1.29, 1.82) is 0 Å². The normalized spacial score (nSPS) is 24.8. The maximum atomic E-state index is 13.7. The molecule has 1 spiro atoms. The molecule has 7 heteroatoms. The van der Waals surface area contributed by atoms with Crippen LogP contribution in [0.5, 0.6) is 0 Å². The Morgan fingerprint density at radius 2 is 1.88 bits per heavy atom. The summed E-state index contributed by atoms with van der Waals surface area (Å²) in [6.07, 6.45) is 0.429. The van der Waals surface area contributed by atoms with Gasteiger partial charge in [-0.05, 0) is 41.8 Å². The summed E-state index contributed by atoms with van der Waals surface area (Å²) < 4.78 is 27.1. The molecule has 0 bridgehead atoms. The highest BCUT2D eigenvalue weighted by Gasteiger charge is 2.55. The van der Waals surface area contributed by atoms with Crippen molar-refractivity contribution in [3.05, 3.63) is 64.2 Å². The summed E-state index contributed by atoms with van der Waals surface area (Å²) in [5.74, 6) is -2.54. The Balaban J connectivity index is 1.90. The second kappa shape index (κ2) is 5.52. The topological polar surface area (TPSA) is 58.2 Å². The number of anilines is 1. The molecular formula is C18H13ClF2N2O2. The maximum absolute atomic E-state index is 13.7. The lowest BCUT2D eigenvalue weighted by atomic mass is 9.67. The molecule has 2 aromatic rings. The molecule has 0 unspecified atom stereocenters. The summed E-state index contributed by atoms with van der Waals surface area (Å²) in [4.78, 5) is 24.9. The molecule has 2 amide bonds. The Hall–Kier alpha value is -2.47. The van der Waals surface area contributed by atoms with E-state index < -0.39 is 23.1 Å². The third-order valence-corrected chi connectivity index (χ3v) is 5.17. The molecule has 2 aliphatic heterocycles. The van der Waals surface area contributed by atoms with E-state index in [0.717, 1.165) is 12.1 Å². The molecule has 0 radical (unpaired) electrons. The van der Waals surface area contributed by atoms with E-state index in [1.165, 1.54) is 6.07 Å². The molecule has 0 aromatic heterocycles. The maximum Gasteiger partial charge on any atom is 0.237 e. The number of carbonyl (C=O) groups is 2. The van der Waals surface area contributed by atoms with Crippen molar-refractivity contribution >= 4 is 29.1 Å². The van der Waals surface area contributed by atoms with Crippen molar-refractivity contribution in [3.8, 4) is 0 Å². The van der Waals surface area contributed by atoms with Crippen molar-refractivity contribution in [2.75, 3.05) is 5.32 Å². The van der Waals surface area contributed by atoms with Gasteiger partial charge in [-0.25, -0.2) is 8.78 Å². The molecule has 2 N–H and O–H groups in total. The molecule has 2 heterocycles. The minimum absolute atomic E-state index is 0.162. The molecule has 1 fully saturated rings.